The lowest BCUT2D eigenvalue weighted by Gasteiger charge is -2.08. The second kappa shape index (κ2) is 6.43. The number of halogens is 1. The molecular formula is C15H14FNO2S. The van der Waals surface area contributed by atoms with Crippen LogP contribution >= 0.6 is 11.8 Å². The van der Waals surface area contributed by atoms with Gasteiger partial charge in [-0.15, -0.1) is 11.8 Å². The summed E-state index contributed by atoms with van der Waals surface area (Å²) in [6, 6.07) is 11.7. The number of carbonyl (C=O) groups is 1. The van der Waals surface area contributed by atoms with Crippen molar-refractivity contribution < 1.29 is 14.3 Å². The van der Waals surface area contributed by atoms with Crippen molar-refractivity contribution in [2.75, 3.05) is 5.73 Å². The molecule has 0 saturated heterocycles. The van der Waals surface area contributed by atoms with Crippen molar-refractivity contribution in [1.29, 1.82) is 0 Å². The maximum Gasteiger partial charge on any atom is 0.307 e. The second-order valence-corrected chi connectivity index (χ2v) is 5.40. The number of thioether (sulfide) groups is 1. The number of hydrogen-bond acceptors (Lipinski definition) is 3. The van der Waals surface area contributed by atoms with Crippen LogP contribution in [0.15, 0.2) is 47.4 Å². The van der Waals surface area contributed by atoms with E-state index in [9.17, 15) is 9.18 Å². The Morgan fingerprint density at radius 3 is 2.55 bits per heavy atom. The lowest BCUT2D eigenvalue weighted by molar-refractivity contribution is -0.136. The van der Waals surface area contributed by atoms with Crippen LogP contribution in [0.4, 0.5) is 10.1 Å². The van der Waals surface area contributed by atoms with E-state index in [4.69, 9.17) is 10.8 Å². The maximum absolute atomic E-state index is 13.2. The zero-order chi connectivity index (χ0) is 14.5. The minimum atomic E-state index is -0.863. The summed E-state index contributed by atoms with van der Waals surface area (Å²) in [5, 5.41) is 8.88. The largest absolute Gasteiger partial charge is 0.481 e. The first-order valence-corrected chi connectivity index (χ1v) is 7.00. The average Bonchev–Trinajstić information content (AvgIpc) is 2.36. The van der Waals surface area contributed by atoms with Gasteiger partial charge < -0.3 is 10.8 Å². The number of carboxylic acids is 1. The van der Waals surface area contributed by atoms with E-state index in [0.717, 1.165) is 16.0 Å². The summed E-state index contributed by atoms with van der Waals surface area (Å²) in [6.45, 7) is 0. The lowest BCUT2D eigenvalue weighted by Crippen LogP contribution is -2.02. The van der Waals surface area contributed by atoms with Crippen LogP contribution in [0.5, 0.6) is 0 Å². The first kappa shape index (κ1) is 14.4. The Morgan fingerprint density at radius 2 is 1.90 bits per heavy atom. The van der Waals surface area contributed by atoms with Crippen molar-refractivity contribution in [2.45, 2.75) is 17.1 Å². The summed E-state index contributed by atoms with van der Waals surface area (Å²) in [7, 11) is 0. The smallest absolute Gasteiger partial charge is 0.307 e. The molecule has 0 atom stereocenters. The topological polar surface area (TPSA) is 63.3 Å². The highest BCUT2D eigenvalue weighted by Crippen LogP contribution is 2.27. The van der Waals surface area contributed by atoms with Crippen LogP contribution in [0.25, 0.3) is 0 Å². The van der Waals surface area contributed by atoms with Gasteiger partial charge in [-0.1, -0.05) is 24.3 Å². The normalized spacial score (nSPS) is 10.4. The molecule has 0 aliphatic heterocycles. The van der Waals surface area contributed by atoms with Crippen LogP contribution in [-0.2, 0) is 17.0 Å². The lowest BCUT2D eigenvalue weighted by atomic mass is 10.1. The third kappa shape index (κ3) is 3.99. The van der Waals surface area contributed by atoms with Crippen molar-refractivity contribution in [1.82, 2.24) is 0 Å². The molecule has 0 spiro atoms. The Bertz CT molecular complexity index is 611. The molecule has 0 aromatic heterocycles. The van der Waals surface area contributed by atoms with Gasteiger partial charge in [-0.05, 0) is 29.3 Å². The van der Waals surface area contributed by atoms with E-state index in [1.807, 2.05) is 18.2 Å². The summed E-state index contributed by atoms with van der Waals surface area (Å²) in [6.07, 6.45) is -0.0119. The van der Waals surface area contributed by atoms with Crippen molar-refractivity contribution in [3.63, 3.8) is 0 Å². The van der Waals surface area contributed by atoms with Crippen molar-refractivity contribution in [3.05, 3.63) is 59.4 Å². The van der Waals surface area contributed by atoms with Crippen LogP contribution in [0.3, 0.4) is 0 Å². The number of benzene rings is 2. The van der Waals surface area contributed by atoms with Crippen LogP contribution in [0.1, 0.15) is 11.1 Å². The van der Waals surface area contributed by atoms with Crippen LogP contribution < -0.4 is 5.73 Å². The number of aliphatic carboxylic acids is 1. The van der Waals surface area contributed by atoms with E-state index in [-0.39, 0.29) is 12.2 Å². The van der Waals surface area contributed by atoms with Gasteiger partial charge in [0.1, 0.15) is 5.82 Å². The van der Waals surface area contributed by atoms with Gasteiger partial charge in [-0.2, -0.15) is 0 Å². The Labute approximate surface area is 120 Å². The average molecular weight is 291 g/mol. The number of nitrogen functional groups attached to an aromatic ring is 1. The predicted octanol–water partition coefficient (Wildman–Crippen LogP) is 3.33. The molecule has 2 aromatic rings. The van der Waals surface area contributed by atoms with Crippen LogP contribution in [0, 0.1) is 5.82 Å². The molecule has 2 aromatic carbocycles. The Balaban J connectivity index is 2.12. The van der Waals surface area contributed by atoms with E-state index >= 15 is 0 Å². The molecule has 0 fully saturated rings. The second-order valence-electron chi connectivity index (χ2n) is 4.35. The fraction of sp³-hybridized carbons (Fsp3) is 0.133. The Hall–Kier alpha value is -2.01. The van der Waals surface area contributed by atoms with Crippen LogP contribution in [0.2, 0.25) is 0 Å². The molecule has 0 unspecified atom stereocenters. The summed E-state index contributed by atoms with van der Waals surface area (Å²) in [5.41, 5.74) is 7.68. The third-order valence-electron chi connectivity index (χ3n) is 2.75. The molecular weight excluding hydrogens is 277 g/mol. The highest BCUT2D eigenvalue weighted by atomic mass is 32.2. The summed E-state index contributed by atoms with van der Waals surface area (Å²) in [5.74, 6) is -0.657. The number of carboxylic acid groups (broad SMARTS) is 1. The molecule has 104 valence electrons. The molecule has 0 aliphatic rings. The van der Waals surface area contributed by atoms with Gasteiger partial charge in [0.15, 0.2) is 0 Å². The minimum Gasteiger partial charge on any atom is -0.481 e. The highest BCUT2D eigenvalue weighted by molar-refractivity contribution is 7.98. The Morgan fingerprint density at radius 1 is 1.20 bits per heavy atom. The molecule has 0 aliphatic carbocycles. The molecule has 20 heavy (non-hydrogen) atoms. The molecule has 2 rings (SSSR count). The minimum absolute atomic E-state index is 0.0119. The predicted molar refractivity (Wildman–Crippen MR) is 78.2 cm³/mol. The number of nitrogens with two attached hydrogens (primary N) is 1. The zero-order valence-electron chi connectivity index (χ0n) is 10.7. The molecule has 0 bridgehead atoms. The summed E-state index contributed by atoms with van der Waals surface area (Å²) >= 11 is 1.43. The molecule has 5 heteroatoms. The molecule has 0 saturated carbocycles. The van der Waals surface area contributed by atoms with Gasteiger partial charge in [0, 0.05) is 16.3 Å². The first-order chi connectivity index (χ1) is 9.54. The standard InChI is InChI=1S/C15H14FNO2S/c16-12-6-13(17)8-14(7-12)20-9-11-4-2-1-3-10(11)5-15(18)19/h1-4,6-8H,5,9,17H2,(H,18,19). The van der Waals surface area contributed by atoms with Gasteiger partial charge in [0.05, 0.1) is 6.42 Å². The van der Waals surface area contributed by atoms with Gasteiger partial charge >= 0.3 is 5.97 Å². The SMILES string of the molecule is Nc1cc(F)cc(SCc2ccccc2CC(=O)O)c1. The highest BCUT2D eigenvalue weighted by Gasteiger charge is 2.07. The van der Waals surface area contributed by atoms with Crippen LogP contribution in [-0.4, -0.2) is 11.1 Å². The molecule has 3 N–H and O–H groups in total. The van der Waals surface area contributed by atoms with E-state index in [2.05, 4.69) is 0 Å². The number of hydrogen-bond donors (Lipinski definition) is 2. The number of anilines is 1. The van der Waals surface area contributed by atoms with Gasteiger partial charge in [0.25, 0.3) is 0 Å². The van der Waals surface area contributed by atoms with E-state index in [1.165, 1.54) is 23.9 Å². The van der Waals surface area contributed by atoms with Crippen molar-refractivity contribution in [2.24, 2.45) is 0 Å². The van der Waals surface area contributed by atoms with Crippen molar-refractivity contribution in [3.8, 4) is 0 Å². The van der Waals surface area contributed by atoms with E-state index in [0.29, 0.717) is 11.4 Å². The summed E-state index contributed by atoms with van der Waals surface area (Å²) in [4.78, 5) is 11.5. The monoisotopic (exact) mass is 291 g/mol. The van der Waals surface area contributed by atoms with Gasteiger partial charge in [-0.3, -0.25) is 4.79 Å². The van der Waals surface area contributed by atoms with E-state index < -0.39 is 5.97 Å². The van der Waals surface area contributed by atoms with Gasteiger partial charge in [0.2, 0.25) is 0 Å². The first-order valence-electron chi connectivity index (χ1n) is 6.02. The quantitative estimate of drug-likeness (QED) is 0.655. The Kier molecular flexibility index (Phi) is 4.63. The molecule has 3 nitrogen and oxygen atoms in total. The van der Waals surface area contributed by atoms with E-state index in [1.54, 1.807) is 12.1 Å². The third-order valence-corrected chi connectivity index (χ3v) is 3.77. The summed E-state index contributed by atoms with van der Waals surface area (Å²) < 4.78 is 13.2. The fourth-order valence-electron chi connectivity index (χ4n) is 1.86. The molecule has 0 radical (unpaired) electrons. The fourth-order valence-corrected chi connectivity index (χ4v) is 2.88. The van der Waals surface area contributed by atoms with Gasteiger partial charge in [-0.25, -0.2) is 4.39 Å². The molecule has 0 heterocycles. The molecule has 0 amide bonds. The zero-order valence-corrected chi connectivity index (χ0v) is 11.5. The number of rotatable bonds is 5. The maximum atomic E-state index is 13.2. The van der Waals surface area contributed by atoms with Crippen molar-refractivity contribution >= 4 is 23.4 Å².